The fraction of sp³-hybridized carbons (Fsp3) is 0.727. The number of unbranched alkanes of at least 4 members (excludes halogenated alkanes) is 1. The van der Waals surface area contributed by atoms with Gasteiger partial charge in [0.15, 0.2) is 0 Å². The van der Waals surface area contributed by atoms with Crippen LogP contribution in [-0.2, 0) is 4.79 Å². The Hall–Kier alpha value is -0.590. The van der Waals surface area contributed by atoms with Gasteiger partial charge < -0.3 is 4.79 Å². The van der Waals surface area contributed by atoms with Crippen LogP contribution in [0.4, 0.5) is 0 Å². The number of hydrogen-bond acceptors (Lipinski definition) is 1. The minimum atomic E-state index is 0.738. The van der Waals surface area contributed by atoms with E-state index >= 15 is 0 Å². The highest BCUT2D eigenvalue weighted by atomic mass is 16.1. The van der Waals surface area contributed by atoms with Gasteiger partial charge in [0.2, 0.25) is 0 Å². The highest BCUT2D eigenvalue weighted by molar-refractivity contribution is 5.48. The van der Waals surface area contributed by atoms with Crippen LogP contribution < -0.4 is 0 Å². The molecule has 1 aliphatic carbocycles. The number of rotatable bonds is 4. The van der Waals surface area contributed by atoms with E-state index in [1.807, 2.05) is 0 Å². The number of aldehydes is 1. The number of carbonyl (C=O) groups excluding carboxylic acids is 1. The maximum Gasteiger partial charge on any atom is 0.119 e. The normalized spacial score (nSPS) is 28.7. The van der Waals surface area contributed by atoms with Gasteiger partial charge in [-0.05, 0) is 38.0 Å². The third-order valence-electron chi connectivity index (χ3n) is 3.06. The molecule has 0 N–H and O–H groups in total. The van der Waals surface area contributed by atoms with Crippen molar-refractivity contribution in [1.29, 1.82) is 0 Å². The summed E-state index contributed by atoms with van der Waals surface area (Å²) in [5.41, 5.74) is 1.53. The van der Waals surface area contributed by atoms with Gasteiger partial charge in [0.1, 0.15) is 6.29 Å². The molecule has 0 radical (unpaired) electrons. The average molecular weight is 166 g/mol. The summed E-state index contributed by atoms with van der Waals surface area (Å²) >= 11 is 0. The maximum absolute atomic E-state index is 10.1. The van der Waals surface area contributed by atoms with Crippen molar-refractivity contribution in [2.45, 2.75) is 39.5 Å². The largest absolute Gasteiger partial charge is 0.303 e. The van der Waals surface area contributed by atoms with Crippen LogP contribution >= 0.6 is 0 Å². The van der Waals surface area contributed by atoms with Crippen LogP contribution in [0.2, 0.25) is 0 Å². The quantitative estimate of drug-likeness (QED) is 0.356. The van der Waals surface area contributed by atoms with Crippen LogP contribution in [0.3, 0.4) is 0 Å². The van der Waals surface area contributed by atoms with Crippen LogP contribution in [0.25, 0.3) is 0 Å². The van der Waals surface area contributed by atoms with Gasteiger partial charge in [0, 0.05) is 6.42 Å². The molecule has 0 unspecified atom stereocenters. The minimum absolute atomic E-state index is 0.738. The molecular formula is C11H18O. The standard InChI is InChI=1S/C11H18O/c1-9-6-7-11(10(9)2)5-3-4-8-12/h6,8,10-11H,3-5,7H2,1-2H3/t10-,11+/m0/s1. The maximum atomic E-state index is 10.1. The van der Waals surface area contributed by atoms with Crippen LogP contribution in [0.1, 0.15) is 39.5 Å². The summed E-state index contributed by atoms with van der Waals surface area (Å²) in [6.07, 6.45) is 7.62. The van der Waals surface area contributed by atoms with E-state index in [0.29, 0.717) is 0 Å². The van der Waals surface area contributed by atoms with Crippen molar-refractivity contribution in [2.75, 3.05) is 0 Å². The van der Waals surface area contributed by atoms with Crippen LogP contribution in [-0.4, -0.2) is 6.29 Å². The third-order valence-corrected chi connectivity index (χ3v) is 3.06. The Morgan fingerprint density at radius 2 is 2.42 bits per heavy atom. The predicted octanol–water partition coefficient (Wildman–Crippen LogP) is 2.96. The Kier molecular flexibility index (Phi) is 3.51. The zero-order valence-corrected chi connectivity index (χ0v) is 8.05. The van der Waals surface area contributed by atoms with Gasteiger partial charge in [-0.15, -0.1) is 0 Å². The summed E-state index contributed by atoms with van der Waals surface area (Å²) in [5.74, 6) is 1.56. The van der Waals surface area contributed by atoms with E-state index < -0.39 is 0 Å². The van der Waals surface area contributed by atoms with E-state index in [0.717, 1.165) is 31.0 Å². The second-order valence-corrected chi connectivity index (χ2v) is 3.83. The molecule has 1 aliphatic rings. The topological polar surface area (TPSA) is 17.1 Å². The lowest BCUT2D eigenvalue weighted by Crippen LogP contribution is -2.06. The van der Waals surface area contributed by atoms with E-state index in [-0.39, 0.29) is 0 Å². The zero-order chi connectivity index (χ0) is 8.97. The second kappa shape index (κ2) is 4.44. The number of allylic oxidation sites excluding steroid dienone is 2. The molecule has 0 spiro atoms. The highest BCUT2D eigenvalue weighted by Gasteiger charge is 2.22. The average Bonchev–Trinajstić information content (AvgIpc) is 2.36. The van der Waals surface area contributed by atoms with Gasteiger partial charge in [0.25, 0.3) is 0 Å². The first-order valence-electron chi connectivity index (χ1n) is 4.86. The molecule has 0 amide bonds. The summed E-state index contributed by atoms with van der Waals surface area (Å²) in [6, 6.07) is 0. The summed E-state index contributed by atoms with van der Waals surface area (Å²) in [4.78, 5) is 10.1. The lowest BCUT2D eigenvalue weighted by atomic mass is 9.89. The van der Waals surface area contributed by atoms with E-state index in [2.05, 4.69) is 19.9 Å². The fourth-order valence-corrected chi connectivity index (χ4v) is 1.93. The molecule has 1 heteroatoms. The predicted molar refractivity (Wildman–Crippen MR) is 50.9 cm³/mol. The molecule has 0 bridgehead atoms. The first-order valence-corrected chi connectivity index (χ1v) is 4.86. The Morgan fingerprint density at radius 1 is 1.67 bits per heavy atom. The molecule has 0 saturated heterocycles. The van der Waals surface area contributed by atoms with E-state index in [4.69, 9.17) is 0 Å². The molecule has 68 valence electrons. The number of hydrogen-bond donors (Lipinski definition) is 0. The molecule has 0 fully saturated rings. The van der Waals surface area contributed by atoms with Crippen molar-refractivity contribution in [3.63, 3.8) is 0 Å². The highest BCUT2D eigenvalue weighted by Crippen LogP contribution is 2.34. The van der Waals surface area contributed by atoms with Crippen molar-refractivity contribution in [3.8, 4) is 0 Å². The molecule has 2 atom stereocenters. The minimum Gasteiger partial charge on any atom is -0.303 e. The van der Waals surface area contributed by atoms with E-state index in [1.165, 1.54) is 18.4 Å². The second-order valence-electron chi connectivity index (χ2n) is 3.83. The molecule has 0 aromatic heterocycles. The van der Waals surface area contributed by atoms with Crippen molar-refractivity contribution < 1.29 is 4.79 Å². The van der Waals surface area contributed by atoms with Gasteiger partial charge in [-0.25, -0.2) is 0 Å². The zero-order valence-electron chi connectivity index (χ0n) is 8.05. The SMILES string of the molecule is CC1=CC[C@@H](CCCC=O)[C@H]1C. The Bertz CT molecular complexity index is 181. The van der Waals surface area contributed by atoms with Gasteiger partial charge in [0.05, 0.1) is 0 Å². The van der Waals surface area contributed by atoms with E-state index in [9.17, 15) is 4.79 Å². The molecule has 0 aromatic carbocycles. The Morgan fingerprint density at radius 3 is 2.92 bits per heavy atom. The molecule has 0 saturated carbocycles. The molecule has 0 heterocycles. The lowest BCUT2D eigenvalue weighted by molar-refractivity contribution is -0.108. The Labute approximate surface area is 74.9 Å². The van der Waals surface area contributed by atoms with Crippen molar-refractivity contribution in [2.24, 2.45) is 11.8 Å². The molecule has 0 aliphatic heterocycles. The van der Waals surface area contributed by atoms with Crippen LogP contribution in [0, 0.1) is 11.8 Å². The van der Waals surface area contributed by atoms with Gasteiger partial charge in [-0.3, -0.25) is 0 Å². The van der Waals surface area contributed by atoms with Crippen LogP contribution in [0.5, 0.6) is 0 Å². The molecular weight excluding hydrogens is 148 g/mol. The van der Waals surface area contributed by atoms with Crippen molar-refractivity contribution in [3.05, 3.63) is 11.6 Å². The fourth-order valence-electron chi connectivity index (χ4n) is 1.93. The Balaban J connectivity index is 2.23. The molecule has 1 nitrogen and oxygen atoms in total. The first kappa shape index (κ1) is 9.50. The van der Waals surface area contributed by atoms with Crippen molar-refractivity contribution >= 4 is 6.29 Å². The summed E-state index contributed by atoms with van der Waals surface area (Å²) in [7, 11) is 0. The van der Waals surface area contributed by atoms with Crippen molar-refractivity contribution in [1.82, 2.24) is 0 Å². The molecule has 1 rings (SSSR count). The summed E-state index contributed by atoms with van der Waals surface area (Å²) < 4.78 is 0. The van der Waals surface area contributed by atoms with Gasteiger partial charge >= 0.3 is 0 Å². The number of carbonyl (C=O) groups is 1. The molecule has 12 heavy (non-hydrogen) atoms. The monoisotopic (exact) mass is 166 g/mol. The van der Waals surface area contributed by atoms with Gasteiger partial charge in [-0.1, -0.05) is 18.6 Å². The smallest absolute Gasteiger partial charge is 0.119 e. The third kappa shape index (κ3) is 2.20. The summed E-state index contributed by atoms with van der Waals surface area (Å²) in [5, 5.41) is 0. The first-order chi connectivity index (χ1) is 5.75. The van der Waals surface area contributed by atoms with E-state index in [1.54, 1.807) is 0 Å². The lowest BCUT2D eigenvalue weighted by Gasteiger charge is -2.16. The van der Waals surface area contributed by atoms with Gasteiger partial charge in [-0.2, -0.15) is 0 Å². The summed E-state index contributed by atoms with van der Waals surface area (Å²) in [6.45, 7) is 4.51. The molecule has 0 aromatic rings. The van der Waals surface area contributed by atoms with Crippen LogP contribution in [0.15, 0.2) is 11.6 Å².